The van der Waals surface area contributed by atoms with Gasteiger partial charge in [-0.1, -0.05) is 164 Å². The fourth-order valence-corrected chi connectivity index (χ4v) is 11.2. The summed E-state index contributed by atoms with van der Waals surface area (Å²) in [5, 5.41) is 0. The summed E-state index contributed by atoms with van der Waals surface area (Å²) in [6.07, 6.45) is 0. The molecule has 0 atom stereocenters. The fourth-order valence-electron chi connectivity index (χ4n) is 11.2. The Balaban J connectivity index is 1.08. The predicted octanol–water partition coefficient (Wildman–Crippen LogP) is 14.0. The van der Waals surface area contributed by atoms with Gasteiger partial charge in [-0.05, 0) is 115 Å². The molecule has 0 fully saturated rings. The highest BCUT2D eigenvalue weighted by Crippen LogP contribution is 2.65. The van der Waals surface area contributed by atoms with Crippen LogP contribution >= 0.6 is 0 Å². The summed E-state index contributed by atoms with van der Waals surface area (Å²) >= 11 is 0. The van der Waals surface area contributed by atoms with Gasteiger partial charge in [0.1, 0.15) is 11.5 Å². The highest BCUT2D eigenvalue weighted by atomic mass is 16.5. The van der Waals surface area contributed by atoms with E-state index in [2.05, 4.69) is 217 Å². The van der Waals surface area contributed by atoms with Gasteiger partial charge < -0.3 is 9.64 Å². The molecule has 0 saturated heterocycles. The number of benzene rings is 9. The first kappa shape index (κ1) is 31.7. The first-order valence-electron chi connectivity index (χ1n) is 20.2. The van der Waals surface area contributed by atoms with E-state index in [1.807, 2.05) is 0 Å². The summed E-state index contributed by atoms with van der Waals surface area (Å²) in [7, 11) is 0. The molecule has 0 aromatic heterocycles. The first-order chi connectivity index (χ1) is 28.8. The molecule has 58 heavy (non-hydrogen) atoms. The molecule has 0 N–H and O–H groups in total. The van der Waals surface area contributed by atoms with Gasteiger partial charge in [0.25, 0.3) is 0 Å². The second-order valence-corrected chi connectivity index (χ2v) is 15.9. The van der Waals surface area contributed by atoms with Crippen molar-refractivity contribution < 1.29 is 4.74 Å². The molecule has 2 heteroatoms. The van der Waals surface area contributed by atoms with Crippen molar-refractivity contribution in [3.63, 3.8) is 0 Å². The lowest BCUT2D eigenvalue weighted by Crippen LogP contribution is -2.32. The summed E-state index contributed by atoms with van der Waals surface area (Å²) < 4.78 is 6.67. The Bertz CT molecular complexity index is 3070. The van der Waals surface area contributed by atoms with Crippen LogP contribution in [0.1, 0.15) is 44.5 Å². The molecule has 2 spiro atoms. The Morgan fingerprint density at radius 2 is 0.586 bits per heavy atom. The van der Waals surface area contributed by atoms with E-state index in [9.17, 15) is 0 Å². The van der Waals surface area contributed by atoms with E-state index in [1.165, 1.54) is 77.9 Å². The maximum atomic E-state index is 6.67. The molecule has 0 saturated carbocycles. The van der Waals surface area contributed by atoms with Crippen molar-refractivity contribution in [2.24, 2.45) is 0 Å². The maximum Gasteiger partial charge on any atom is 0.132 e. The van der Waals surface area contributed by atoms with E-state index in [0.29, 0.717) is 0 Å². The molecule has 9 aromatic rings. The van der Waals surface area contributed by atoms with Crippen LogP contribution in [0.25, 0.3) is 33.4 Å². The lowest BCUT2D eigenvalue weighted by molar-refractivity contribution is 0.436. The van der Waals surface area contributed by atoms with Crippen LogP contribution in [0.3, 0.4) is 0 Å². The molecular weight excluding hydrogens is 703 g/mol. The lowest BCUT2D eigenvalue weighted by Gasteiger charge is -2.39. The van der Waals surface area contributed by atoms with Crippen molar-refractivity contribution >= 4 is 17.1 Å². The van der Waals surface area contributed by atoms with Gasteiger partial charge in [-0.15, -0.1) is 0 Å². The Hall–Kier alpha value is -7.42. The Kier molecular flexibility index (Phi) is 6.33. The number of hydrogen-bond donors (Lipinski definition) is 0. The third-order valence-electron chi connectivity index (χ3n) is 13.3. The van der Waals surface area contributed by atoms with E-state index < -0.39 is 10.8 Å². The molecule has 270 valence electrons. The fraction of sp³-hybridized carbons (Fsp3) is 0.0357. The Labute approximate surface area is 337 Å². The van der Waals surface area contributed by atoms with E-state index in [4.69, 9.17) is 4.74 Å². The summed E-state index contributed by atoms with van der Waals surface area (Å²) in [4.78, 5) is 2.46. The SMILES string of the molecule is c1ccc(N(c2ccc3c(c2)C2(c4ccccc4Oc4ccccc42)c2ccccc2-3)c2ccc3c(c2)C2(c4ccccc4-c4ccccc42)c2ccccc2-3)cc1. The molecule has 1 heterocycles. The smallest absolute Gasteiger partial charge is 0.132 e. The molecule has 0 unspecified atom stereocenters. The number of para-hydroxylation sites is 3. The number of nitrogens with zero attached hydrogens (tertiary/aromatic N) is 1. The topological polar surface area (TPSA) is 12.5 Å². The summed E-state index contributed by atoms with van der Waals surface area (Å²) in [6.45, 7) is 0. The lowest BCUT2D eigenvalue weighted by atomic mass is 9.66. The molecule has 0 amide bonds. The maximum absolute atomic E-state index is 6.67. The third kappa shape index (κ3) is 3.87. The van der Waals surface area contributed by atoms with Crippen molar-refractivity contribution in [3.8, 4) is 44.9 Å². The Morgan fingerprint density at radius 1 is 0.259 bits per heavy atom. The monoisotopic (exact) mass is 737 g/mol. The van der Waals surface area contributed by atoms with Crippen molar-refractivity contribution in [2.75, 3.05) is 4.90 Å². The molecular formula is C56H35NO. The summed E-state index contributed by atoms with van der Waals surface area (Å²) in [5.74, 6) is 1.80. The van der Waals surface area contributed by atoms with Crippen LogP contribution < -0.4 is 9.64 Å². The standard InChI is InChI=1S/C56H35NO/c1-2-16-36(17-3-1)57(37-30-32-43-41-20-6-10-24-47(41)55(51(43)34-37)45-22-8-4-18-39(45)40-19-5-9-23-46(40)55)38-31-33-44-42-21-7-11-25-48(42)56(52(44)35-38)49-26-12-14-28-53(49)58-54-29-15-13-27-50(54)56/h1-35H. The summed E-state index contributed by atoms with van der Waals surface area (Å²) in [6, 6.07) is 78.4. The first-order valence-corrected chi connectivity index (χ1v) is 20.2. The van der Waals surface area contributed by atoms with Crippen LogP contribution in [0.4, 0.5) is 17.1 Å². The number of ether oxygens (including phenoxy) is 1. The second kappa shape index (κ2) is 11.6. The number of rotatable bonds is 3. The van der Waals surface area contributed by atoms with E-state index in [0.717, 1.165) is 28.6 Å². The number of hydrogen-bond acceptors (Lipinski definition) is 2. The molecule has 4 aliphatic rings. The van der Waals surface area contributed by atoms with Gasteiger partial charge in [-0.2, -0.15) is 0 Å². The van der Waals surface area contributed by atoms with Crippen molar-refractivity contribution in [1.29, 1.82) is 0 Å². The van der Waals surface area contributed by atoms with Crippen molar-refractivity contribution in [2.45, 2.75) is 10.8 Å². The average molecular weight is 738 g/mol. The minimum Gasteiger partial charge on any atom is -0.457 e. The third-order valence-corrected chi connectivity index (χ3v) is 13.3. The van der Waals surface area contributed by atoms with E-state index in [-0.39, 0.29) is 0 Å². The van der Waals surface area contributed by atoms with Crippen LogP contribution in [0.15, 0.2) is 212 Å². The minimum absolute atomic E-state index is 0.434. The normalized spacial score (nSPS) is 14.6. The molecule has 3 aliphatic carbocycles. The van der Waals surface area contributed by atoms with Gasteiger partial charge in [0.2, 0.25) is 0 Å². The molecule has 0 bridgehead atoms. The largest absolute Gasteiger partial charge is 0.457 e. The van der Waals surface area contributed by atoms with Crippen LogP contribution in [-0.4, -0.2) is 0 Å². The van der Waals surface area contributed by atoms with Gasteiger partial charge in [0.05, 0.1) is 10.8 Å². The molecule has 9 aromatic carbocycles. The van der Waals surface area contributed by atoms with Crippen molar-refractivity contribution in [3.05, 3.63) is 257 Å². The van der Waals surface area contributed by atoms with E-state index >= 15 is 0 Å². The zero-order valence-corrected chi connectivity index (χ0v) is 31.6. The zero-order valence-electron chi connectivity index (χ0n) is 31.6. The van der Waals surface area contributed by atoms with Crippen LogP contribution in [0.5, 0.6) is 11.5 Å². The zero-order chi connectivity index (χ0) is 38.0. The van der Waals surface area contributed by atoms with Crippen LogP contribution in [0, 0.1) is 0 Å². The molecule has 0 radical (unpaired) electrons. The summed E-state index contributed by atoms with van der Waals surface area (Å²) in [5.41, 5.74) is 20.3. The minimum atomic E-state index is -0.559. The van der Waals surface area contributed by atoms with Gasteiger partial charge >= 0.3 is 0 Å². The van der Waals surface area contributed by atoms with Gasteiger partial charge in [0.15, 0.2) is 0 Å². The van der Waals surface area contributed by atoms with Gasteiger partial charge in [0, 0.05) is 28.2 Å². The number of anilines is 3. The number of fused-ring (bicyclic) bond motifs is 19. The molecule has 2 nitrogen and oxygen atoms in total. The molecule has 13 rings (SSSR count). The van der Waals surface area contributed by atoms with Gasteiger partial charge in [-0.3, -0.25) is 0 Å². The highest BCUT2D eigenvalue weighted by Gasteiger charge is 2.53. The second-order valence-electron chi connectivity index (χ2n) is 15.9. The molecule has 1 aliphatic heterocycles. The quantitative estimate of drug-likeness (QED) is 0.179. The van der Waals surface area contributed by atoms with Crippen molar-refractivity contribution in [1.82, 2.24) is 0 Å². The van der Waals surface area contributed by atoms with E-state index in [1.54, 1.807) is 0 Å². The highest BCUT2D eigenvalue weighted by molar-refractivity contribution is 5.97. The predicted molar refractivity (Wildman–Crippen MR) is 235 cm³/mol. The van der Waals surface area contributed by atoms with Crippen LogP contribution in [0.2, 0.25) is 0 Å². The average Bonchev–Trinajstić information content (AvgIpc) is 3.87. The van der Waals surface area contributed by atoms with Gasteiger partial charge in [-0.25, -0.2) is 0 Å². The Morgan fingerprint density at radius 3 is 1.02 bits per heavy atom. The van der Waals surface area contributed by atoms with Crippen LogP contribution in [-0.2, 0) is 10.8 Å².